The SMILES string of the molecule is C=CC(=O)Oc1cc(OC(=O)C=C)cc(-c2ccc(N(c3ccc(C)cc3)c3ccc4ccc5cccc6ccc3c4c56)cc2)c1. The normalized spacial score (nSPS) is 11.1. The summed E-state index contributed by atoms with van der Waals surface area (Å²) in [6.07, 6.45) is 2.16. The van der Waals surface area contributed by atoms with Crippen molar-refractivity contribution in [3.8, 4) is 22.6 Å². The number of carbonyl (C=O) groups is 2. The second-order valence-electron chi connectivity index (χ2n) is 11.1. The zero-order valence-corrected chi connectivity index (χ0v) is 25.2. The van der Waals surface area contributed by atoms with Crippen LogP contribution in [-0.4, -0.2) is 11.9 Å². The van der Waals surface area contributed by atoms with Crippen LogP contribution in [0.3, 0.4) is 0 Å². The second-order valence-corrected chi connectivity index (χ2v) is 11.1. The van der Waals surface area contributed by atoms with Crippen LogP contribution in [-0.2, 0) is 9.59 Å². The van der Waals surface area contributed by atoms with Gasteiger partial charge in [0, 0.05) is 35.0 Å². The molecule has 7 aromatic carbocycles. The second kappa shape index (κ2) is 11.7. The largest absolute Gasteiger partial charge is 0.423 e. The van der Waals surface area contributed by atoms with E-state index in [1.807, 2.05) is 12.1 Å². The number of benzene rings is 7. The van der Waals surface area contributed by atoms with E-state index in [0.29, 0.717) is 5.56 Å². The Morgan fingerprint density at radius 3 is 1.70 bits per heavy atom. The van der Waals surface area contributed by atoms with Crippen LogP contribution in [0, 0.1) is 6.92 Å². The number of rotatable bonds is 8. The molecule has 0 fully saturated rings. The quantitative estimate of drug-likeness (QED) is 0.0753. The Bertz CT molecular complexity index is 2230. The van der Waals surface area contributed by atoms with Crippen LogP contribution < -0.4 is 14.4 Å². The van der Waals surface area contributed by atoms with Crippen LogP contribution in [0.5, 0.6) is 11.5 Å². The van der Waals surface area contributed by atoms with Crippen molar-refractivity contribution >= 4 is 61.3 Å². The number of hydrogen-bond acceptors (Lipinski definition) is 5. The maximum atomic E-state index is 12.0. The van der Waals surface area contributed by atoms with Crippen LogP contribution in [0.15, 0.2) is 147 Å². The molecule has 0 aliphatic rings. The molecule has 0 amide bonds. The highest BCUT2D eigenvalue weighted by atomic mass is 16.5. The number of ether oxygens (including phenoxy) is 2. The highest BCUT2D eigenvalue weighted by Gasteiger charge is 2.19. The van der Waals surface area contributed by atoms with E-state index in [9.17, 15) is 9.59 Å². The number of aryl methyl sites for hydroxylation is 1. The van der Waals surface area contributed by atoms with Gasteiger partial charge in [0.2, 0.25) is 0 Å². The lowest BCUT2D eigenvalue weighted by atomic mass is 9.93. The lowest BCUT2D eigenvalue weighted by Gasteiger charge is -2.28. The Hall–Kier alpha value is -6.20. The Balaban J connectivity index is 1.36. The Labute approximate surface area is 266 Å². The molecule has 0 aromatic heterocycles. The van der Waals surface area contributed by atoms with E-state index in [1.165, 1.54) is 38.6 Å². The molecule has 0 saturated carbocycles. The summed E-state index contributed by atoms with van der Waals surface area (Å²) in [5, 5.41) is 7.32. The zero-order chi connectivity index (χ0) is 31.8. The van der Waals surface area contributed by atoms with Crippen molar-refractivity contribution in [1.82, 2.24) is 0 Å². The van der Waals surface area contributed by atoms with Crippen LogP contribution in [0.25, 0.3) is 43.4 Å². The fourth-order valence-electron chi connectivity index (χ4n) is 6.01. The van der Waals surface area contributed by atoms with Crippen LogP contribution in [0.1, 0.15) is 5.56 Å². The first-order valence-electron chi connectivity index (χ1n) is 14.9. The standard InChI is InChI=1S/C41H29NO4/c1-4-38(43)45-34-23-31(24-35(25-34)46-39(44)5-2)27-13-19-33(20-14-27)42(32-17-9-26(3)10-18-32)37-22-16-30-12-11-28-7-6-8-29-15-21-36(37)41(30)40(28)29/h4-25H,1-2H2,3H3. The summed E-state index contributed by atoms with van der Waals surface area (Å²) in [5.41, 5.74) is 5.80. The molecule has 0 aliphatic carbocycles. The Morgan fingerprint density at radius 2 is 1.11 bits per heavy atom. The van der Waals surface area contributed by atoms with Gasteiger partial charge < -0.3 is 14.4 Å². The molecule has 0 saturated heterocycles. The minimum absolute atomic E-state index is 0.230. The molecule has 0 aliphatic heterocycles. The van der Waals surface area contributed by atoms with E-state index < -0.39 is 11.9 Å². The first-order chi connectivity index (χ1) is 22.4. The first kappa shape index (κ1) is 28.6. The van der Waals surface area contributed by atoms with Crippen molar-refractivity contribution in [2.24, 2.45) is 0 Å². The maximum Gasteiger partial charge on any atom is 0.335 e. The third-order valence-electron chi connectivity index (χ3n) is 8.15. The van der Waals surface area contributed by atoms with Gasteiger partial charge in [0.15, 0.2) is 0 Å². The fraction of sp³-hybridized carbons (Fsp3) is 0.0244. The van der Waals surface area contributed by atoms with Crippen molar-refractivity contribution in [2.45, 2.75) is 6.92 Å². The molecule has 7 aromatic rings. The summed E-state index contributed by atoms with van der Waals surface area (Å²) in [6, 6.07) is 41.2. The zero-order valence-electron chi connectivity index (χ0n) is 25.2. The van der Waals surface area contributed by atoms with E-state index >= 15 is 0 Å². The Kier molecular flexibility index (Phi) is 7.27. The minimum Gasteiger partial charge on any atom is -0.423 e. The van der Waals surface area contributed by atoms with Gasteiger partial charge in [-0.05, 0) is 87.4 Å². The highest BCUT2D eigenvalue weighted by molar-refractivity contribution is 6.25. The van der Waals surface area contributed by atoms with E-state index in [-0.39, 0.29) is 11.5 Å². The summed E-state index contributed by atoms with van der Waals surface area (Å²) >= 11 is 0. The van der Waals surface area contributed by atoms with Crippen molar-refractivity contribution in [3.05, 3.63) is 152 Å². The molecule has 0 heterocycles. The predicted octanol–water partition coefficient (Wildman–Crippen LogP) is 10.2. The number of hydrogen-bond donors (Lipinski definition) is 0. The fourth-order valence-corrected chi connectivity index (χ4v) is 6.01. The van der Waals surface area contributed by atoms with Gasteiger partial charge in [0.1, 0.15) is 11.5 Å². The molecule has 0 bridgehead atoms. The molecule has 0 spiro atoms. The van der Waals surface area contributed by atoms with Gasteiger partial charge in [-0.3, -0.25) is 0 Å². The monoisotopic (exact) mass is 599 g/mol. The van der Waals surface area contributed by atoms with Crippen molar-refractivity contribution < 1.29 is 19.1 Å². The average Bonchev–Trinajstić information content (AvgIpc) is 3.08. The van der Waals surface area contributed by atoms with E-state index in [0.717, 1.165) is 40.2 Å². The van der Waals surface area contributed by atoms with Crippen LogP contribution in [0.2, 0.25) is 0 Å². The lowest BCUT2D eigenvalue weighted by Crippen LogP contribution is -2.10. The topological polar surface area (TPSA) is 55.8 Å². The molecule has 5 heteroatoms. The molecule has 0 unspecified atom stereocenters. The molecule has 46 heavy (non-hydrogen) atoms. The summed E-state index contributed by atoms with van der Waals surface area (Å²) in [4.78, 5) is 26.2. The van der Waals surface area contributed by atoms with Crippen molar-refractivity contribution in [2.75, 3.05) is 4.90 Å². The number of carbonyl (C=O) groups excluding carboxylic acids is 2. The molecule has 7 rings (SSSR count). The van der Waals surface area contributed by atoms with Gasteiger partial charge in [-0.2, -0.15) is 0 Å². The Morgan fingerprint density at radius 1 is 0.587 bits per heavy atom. The first-order valence-corrected chi connectivity index (χ1v) is 14.9. The van der Waals surface area contributed by atoms with Gasteiger partial charge in [-0.25, -0.2) is 9.59 Å². The predicted molar refractivity (Wildman–Crippen MR) is 187 cm³/mol. The third kappa shape index (κ3) is 5.24. The number of nitrogens with zero attached hydrogens (tertiary/aromatic N) is 1. The molecule has 222 valence electrons. The summed E-state index contributed by atoms with van der Waals surface area (Å²) < 4.78 is 10.8. The van der Waals surface area contributed by atoms with Crippen molar-refractivity contribution in [3.63, 3.8) is 0 Å². The van der Waals surface area contributed by atoms with E-state index in [2.05, 4.69) is 116 Å². The maximum absolute atomic E-state index is 12.0. The summed E-state index contributed by atoms with van der Waals surface area (Å²) in [6.45, 7) is 9.02. The molecule has 0 radical (unpaired) electrons. The smallest absolute Gasteiger partial charge is 0.335 e. The number of esters is 2. The molecular formula is C41H29NO4. The molecule has 0 N–H and O–H groups in total. The molecule has 5 nitrogen and oxygen atoms in total. The molecular weight excluding hydrogens is 570 g/mol. The van der Waals surface area contributed by atoms with Gasteiger partial charge in [0.05, 0.1) is 5.69 Å². The summed E-state index contributed by atoms with van der Waals surface area (Å²) in [5.74, 6) is -0.771. The third-order valence-corrected chi connectivity index (χ3v) is 8.15. The average molecular weight is 600 g/mol. The van der Waals surface area contributed by atoms with Gasteiger partial charge in [-0.1, -0.05) is 91.5 Å². The highest BCUT2D eigenvalue weighted by Crippen LogP contribution is 2.44. The molecule has 0 atom stereocenters. The van der Waals surface area contributed by atoms with Crippen LogP contribution in [0.4, 0.5) is 17.1 Å². The van der Waals surface area contributed by atoms with Crippen molar-refractivity contribution in [1.29, 1.82) is 0 Å². The minimum atomic E-state index is -0.615. The van der Waals surface area contributed by atoms with Gasteiger partial charge in [0.25, 0.3) is 0 Å². The number of anilines is 3. The lowest BCUT2D eigenvalue weighted by molar-refractivity contribution is -0.129. The van der Waals surface area contributed by atoms with E-state index in [4.69, 9.17) is 9.47 Å². The van der Waals surface area contributed by atoms with Gasteiger partial charge in [-0.15, -0.1) is 0 Å². The van der Waals surface area contributed by atoms with Crippen LogP contribution >= 0.6 is 0 Å². The van der Waals surface area contributed by atoms with Gasteiger partial charge >= 0.3 is 11.9 Å². The van der Waals surface area contributed by atoms with E-state index in [1.54, 1.807) is 12.1 Å². The summed E-state index contributed by atoms with van der Waals surface area (Å²) in [7, 11) is 0.